The monoisotopic (exact) mass is 278 g/mol. The first kappa shape index (κ1) is 12.7. The lowest BCUT2D eigenvalue weighted by atomic mass is 9.93. The summed E-state index contributed by atoms with van der Waals surface area (Å²) in [6.07, 6.45) is 2.44. The molecule has 7 nitrogen and oxygen atoms in total. The number of sulfonamides is 1. The summed E-state index contributed by atoms with van der Waals surface area (Å²) in [7, 11) is -3.72. The number of hydrogen-bond acceptors (Lipinski definition) is 7. The molecule has 1 aliphatic carbocycles. The van der Waals surface area contributed by atoms with E-state index in [0.717, 1.165) is 24.2 Å². The van der Waals surface area contributed by atoms with Gasteiger partial charge >= 0.3 is 0 Å². The van der Waals surface area contributed by atoms with Gasteiger partial charge < -0.3 is 10.8 Å². The SMILES string of the molecule is Nc1nnc(S(=O)(=O)NC2CCCCC2O)s1. The topological polar surface area (TPSA) is 118 Å². The molecule has 1 heterocycles. The van der Waals surface area contributed by atoms with Crippen LogP contribution in [0.25, 0.3) is 0 Å². The van der Waals surface area contributed by atoms with Crippen molar-refractivity contribution in [3.8, 4) is 0 Å². The number of rotatable bonds is 3. The van der Waals surface area contributed by atoms with E-state index < -0.39 is 22.2 Å². The van der Waals surface area contributed by atoms with Gasteiger partial charge in [-0.05, 0) is 12.8 Å². The Bertz CT molecular complexity index is 487. The average molecular weight is 278 g/mol. The Labute approximate surface area is 103 Å². The fourth-order valence-electron chi connectivity index (χ4n) is 1.83. The van der Waals surface area contributed by atoms with Gasteiger partial charge in [-0.3, -0.25) is 0 Å². The molecule has 1 aliphatic rings. The summed E-state index contributed by atoms with van der Waals surface area (Å²) < 4.78 is 26.1. The van der Waals surface area contributed by atoms with Crippen molar-refractivity contribution in [2.75, 3.05) is 5.73 Å². The van der Waals surface area contributed by atoms with Crippen molar-refractivity contribution >= 4 is 26.5 Å². The van der Waals surface area contributed by atoms with Crippen LogP contribution in [0.4, 0.5) is 5.13 Å². The van der Waals surface area contributed by atoms with Gasteiger partial charge in [0, 0.05) is 6.04 Å². The normalized spacial score (nSPS) is 25.9. The van der Waals surface area contributed by atoms with Crippen LogP contribution in [0.3, 0.4) is 0 Å². The summed E-state index contributed by atoms with van der Waals surface area (Å²) in [6.45, 7) is 0. The number of nitrogen functional groups attached to an aromatic ring is 1. The summed E-state index contributed by atoms with van der Waals surface area (Å²) in [5.41, 5.74) is 5.34. The van der Waals surface area contributed by atoms with Crippen LogP contribution < -0.4 is 10.5 Å². The molecule has 0 aromatic carbocycles. The number of nitrogens with zero attached hydrogens (tertiary/aromatic N) is 2. The highest BCUT2D eigenvalue weighted by Crippen LogP contribution is 2.22. The van der Waals surface area contributed by atoms with Gasteiger partial charge in [-0.2, -0.15) is 0 Å². The lowest BCUT2D eigenvalue weighted by Crippen LogP contribution is -2.44. The van der Waals surface area contributed by atoms with E-state index in [1.54, 1.807) is 0 Å². The molecule has 1 saturated carbocycles. The molecule has 2 rings (SSSR count). The summed E-state index contributed by atoms with van der Waals surface area (Å²) >= 11 is 0.808. The standard InChI is InChI=1S/C8H14N4O3S2/c9-7-10-11-8(16-7)17(14,15)12-5-3-1-2-4-6(5)13/h5-6,12-13H,1-4H2,(H2,9,10). The van der Waals surface area contributed by atoms with Crippen LogP contribution in [0, 0.1) is 0 Å². The lowest BCUT2D eigenvalue weighted by molar-refractivity contribution is 0.101. The maximum Gasteiger partial charge on any atom is 0.270 e. The van der Waals surface area contributed by atoms with E-state index in [1.165, 1.54) is 0 Å². The van der Waals surface area contributed by atoms with Gasteiger partial charge in [-0.25, -0.2) is 13.1 Å². The van der Waals surface area contributed by atoms with Crippen molar-refractivity contribution < 1.29 is 13.5 Å². The van der Waals surface area contributed by atoms with E-state index in [-0.39, 0.29) is 9.47 Å². The highest BCUT2D eigenvalue weighted by Gasteiger charge is 2.29. The van der Waals surface area contributed by atoms with Crippen LogP contribution in [0.15, 0.2) is 4.34 Å². The number of nitrogens with two attached hydrogens (primary N) is 1. The van der Waals surface area contributed by atoms with Crippen molar-refractivity contribution in [2.24, 2.45) is 0 Å². The molecular weight excluding hydrogens is 264 g/mol. The molecule has 2 atom stereocenters. The van der Waals surface area contributed by atoms with Crippen LogP contribution >= 0.6 is 11.3 Å². The van der Waals surface area contributed by atoms with Crippen molar-refractivity contribution in [2.45, 2.75) is 42.2 Å². The number of nitrogens with one attached hydrogen (secondary N) is 1. The van der Waals surface area contributed by atoms with Crippen LogP contribution in [0.5, 0.6) is 0 Å². The van der Waals surface area contributed by atoms with Crippen LogP contribution in [0.1, 0.15) is 25.7 Å². The molecule has 0 spiro atoms. The van der Waals surface area contributed by atoms with Gasteiger partial charge in [-0.1, -0.05) is 24.2 Å². The van der Waals surface area contributed by atoms with Gasteiger partial charge in [0.2, 0.25) is 9.47 Å². The van der Waals surface area contributed by atoms with Crippen molar-refractivity contribution in [3.63, 3.8) is 0 Å². The van der Waals surface area contributed by atoms with Crippen LogP contribution in [0.2, 0.25) is 0 Å². The highest BCUT2D eigenvalue weighted by atomic mass is 32.2. The Balaban J connectivity index is 2.11. The molecule has 0 bridgehead atoms. The van der Waals surface area contributed by atoms with Crippen molar-refractivity contribution in [1.29, 1.82) is 0 Å². The van der Waals surface area contributed by atoms with Gasteiger partial charge in [0.1, 0.15) is 0 Å². The van der Waals surface area contributed by atoms with Crippen molar-refractivity contribution in [1.82, 2.24) is 14.9 Å². The lowest BCUT2D eigenvalue weighted by Gasteiger charge is -2.27. The Morgan fingerprint density at radius 1 is 1.35 bits per heavy atom. The third-order valence-electron chi connectivity index (χ3n) is 2.69. The largest absolute Gasteiger partial charge is 0.391 e. The molecule has 2 unspecified atom stereocenters. The first-order chi connectivity index (χ1) is 7.99. The summed E-state index contributed by atoms with van der Waals surface area (Å²) in [5.74, 6) is 0. The van der Waals surface area contributed by atoms with E-state index in [9.17, 15) is 13.5 Å². The second-order valence-corrected chi connectivity index (χ2v) is 6.88. The molecule has 0 radical (unpaired) electrons. The smallest absolute Gasteiger partial charge is 0.270 e. The van der Waals surface area contributed by atoms with Crippen molar-refractivity contribution in [3.05, 3.63) is 0 Å². The average Bonchev–Trinajstić information content (AvgIpc) is 2.69. The predicted molar refractivity (Wildman–Crippen MR) is 62.9 cm³/mol. The summed E-state index contributed by atoms with van der Waals surface area (Å²) in [6, 6.07) is -0.445. The third kappa shape index (κ3) is 2.92. The maximum atomic E-state index is 11.9. The second-order valence-electron chi connectivity index (χ2n) is 3.99. The zero-order valence-corrected chi connectivity index (χ0v) is 10.7. The van der Waals surface area contributed by atoms with E-state index in [1.807, 2.05) is 0 Å². The van der Waals surface area contributed by atoms with Gasteiger partial charge in [0.15, 0.2) is 0 Å². The number of aliphatic hydroxyl groups excluding tert-OH is 1. The molecule has 0 aliphatic heterocycles. The zero-order chi connectivity index (χ0) is 12.5. The molecule has 1 aromatic heterocycles. The first-order valence-electron chi connectivity index (χ1n) is 5.28. The Morgan fingerprint density at radius 3 is 2.65 bits per heavy atom. The Morgan fingerprint density at radius 2 is 2.06 bits per heavy atom. The van der Waals surface area contributed by atoms with E-state index in [0.29, 0.717) is 12.8 Å². The number of anilines is 1. The minimum Gasteiger partial charge on any atom is -0.391 e. The number of aliphatic hydroxyl groups is 1. The van der Waals surface area contributed by atoms with Crippen LogP contribution in [-0.2, 0) is 10.0 Å². The van der Waals surface area contributed by atoms with Gasteiger partial charge in [0.05, 0.1) is 6.10 Å². The van der Waals surface area contributed by atoms with E-state index >= 15 is 0 Å². The molecule has 9 heteroatoms. The second kappa shape index (κ2) is 4.84. The molecule has 1 aromatic rings. The molecule has 0 amide bonds. The third-order valence-corrected chi connectivity index (χ3v) is 5.30. The summed E-state index contributed by atoms with van der Waals surface area (Å²) in [5, 5.41) is 16.8. The summed E-state index contributed by atoms with van der Waals surface area (Å²) in [4.78, 5) is 0. The van der Waals surface area contributed by atoms with Crippen LogP contribution in [-0.4, -0.2) is 35.9 Å². The molecule has 17 heavy (non-hydrogen) atoms. The molecule has 0 saturated heterocycles. The predicted octanol–water partition coefficient (Wildman–Crippen LogP) is -0.298. The molecule has 4 N–H and O–H groups in total. The quantitative estimate of drug-likeness (QED) is 0.698. The Hall–Kier alpha value is -0.770. The zero-order valence-electron chi connectivity index (χ0n) is 9.04. The minimum absolute atomic E-state index is 0.106. The fraction of sp³-hybridized carbons (Fsp3) is 0.750. The van der Waals surface area contributed by atoms with Gasteiger partial charge in [-0.15, -0.1) is 10.2 Å². The molecular formula is C8H14N4O3S2. The number of hydrogen-bond donors (Lipinski definition) is 3. The first-order valence-corrected chi connectivity index (χ1v) is 7.58. The van der Waals surface area contributed by atoms with Gasteiger partial charge in [0.25, 0.3) is 10.0 Å². The fourth-order valence-corrected chi connectivity index (χ4v) is 3.93. The molecule has 1 fully saturated rings. The number of aromatic nitrogens is 2. The van der Waals surface area contributed by atoms with E-state index in [2.05, 4.69) is 14.9 Å². The maximum absolute atomic E-state index is 11.9. The highest BCUT2D eigenvalue weighted by molar-refractivity contribution is 7.91. The molecule has 96 valence electrons. The Kier molecular flexibility index (Phi) is 3.61. The van der Waals surface area contributed by atoms with E-state index in [4.69, 9.17) is 5.73 Å². The minimum atomic E-state index is -3.72.